The van der Waals surface area contributed by atoms with Crippen LogP contribution in [0.4, 0.5) is 0 Å². The Morgan fingerprint density at radius 1 is 1.04 bits per heavy atom. The van der Waals surface area contributed by atoms with Gasteiger partial charge in [0.15, 0.2) is 11.4 Å². The second kappa shape index (κ2) is 11.2. The number of hydrogen-bond donors (Lipinski definition) is 5. The van der Waals surface area contributed by atoms with Crippen molar-refractivity contribution in [1.29, 1.82) is 0 Å². The number of aliphatic hydroxyl groups excluding tert-OH is 2. The topological polar surface area (TPSA) is 174 Å². The van der Waals surface area contributed by atoms with Crippen molar-refractivity contribution in [3.8, 4) is 22.6 Å². The highest BCUT2D eigenvalue weighted by Gasteiger charge is 2.72. The van der Waals surface area contributed by atoms with E-state index in [2.05, 4.69) is 11.0 Å². The molecule has 2 aromatic carbocycles. The summed E-state index contributed by atoms with van der Waals surface area (Å²) in [5, 5.41) is 46.6. The smallest absolute Gasteiger partial charge is 0.255 e. The van der Waals surface area contributed by atoms with Crippen molar-refractivity contribution in [2.75, 3.05) is 34.3 Å². The summed E-state index contributed by atoms with van der Waals surface area (Å²) in [4.78, 5) is 44.5. The SMILES string of the molecule is COc1ccc(CN2CCCCC2)cc1-c1ccc(O)c2c1C[C@@]1(C)C[C@@]3(C)[C@H](N(C)C)C(=O)C(C(N)=O)=C(O)[C@@]3(O)C(=O)C1=C2O. The summed E-state index contributed by atoms with van der Waals surface area (Å²) in [7, 11) is 4.75. The number of benzene rings is 2. The van der Waals surface area contributed by atoms with Gasteiger partial charge in [-0.05, 0) is 87.8 Å². The molecule has 3 aliphatic carbocycles. The molecule has 0 bridgehead atoms. The summed E-state index contributed by atoms with van der Waals surface area (Å²) in [5.74, 6) is -4.47. The number of aromatic hydroxyl groups is 1. The minimum absolute atomic E-state index is 0.0358. The number of ether oxygens (including phenoxy) is 1. The third kappa shape index (κ3) is 4.62. The molecule has 1 amide bonds. The molecular formula is C36H43N3O8. The quantitative estimate of drug-likeness (QED) is 0.293. The lowest BCUT2D eigenvalue weighted by atomic mass is 9.46. The molecule has 1 saturated heterocycles. The minimum Gasteiger partial charge on any atom is -0.508 e. The summed E-state index contributed by atoms with van der Waals surface area (Å²) in [6.07, 6.45) is 3.64. The molecule has 0 aromatic heterocycles. The van der Waals surface area contributed by atoms with E-state index < -0.39 is 57.0 Å². The molecule has 4 aliphatic rings. The van der Waals surface area contributed by atoms with Crippen LogP contribution in [0.1, 0.15) is 56.2 Å². The first-order chi connectivity index (χ1) is 22.1. The number of likely N-dealkylation sites (tertiary alicyclic amines) is 1. The van der Waals surface area contributed by atoms with Crippen LogP contribution in [0, 0.1) is 10.8 Å². The number of hydrogen-bond acceptors (Lipinski definition) is 10. The molecule has 6 rings (SSSR count). The molecule has 0 spiro atoms. The van der Waals surface area contributed by atoms with Gasteiger partial charge in [0, 0.05) is 28.5 Å². The Morgan fingerprint density at radius 3 is 2.34 bits per heavy atom. The second-order valence-electron chi connectivity index (χ2n) is 14.3. The van der Waals surface area contributed by atoms with Crippen molar-refractivity contribution in [1.82, 2.24) is 9.80 Å². The van der Waals surface area contributed by atoms with E-state index in [0.29, 0.717) is 16.9 Å². The van der Waals surface area contributed by atoms with E-state index in [1.807, 2.05) is 12.1 Å². The van der Waals surface area contributed by atoms with Gasteiger partial charge in [0.1, 0.15) is 28.6 Å². The van der Waals surface area contributed by atoms with E-state index in [0.717, 1.165) is 43.6 Å². The summed E-state index contributed by atoms with van der Waals surface area (Å²) < 4.78 is 5.78. The number of primary amides is 1. The number of phenolic OH excluding ortho intramolecular Hbond substituents is 1. The van der Waals surface area contributed by atoms with Gasteiger partial charge in [0.05, 0.1) is 18.7 Å². The Balaban J connectivity index is 1.56. The summed E-state index contributed by atoms with van der Waals surface area (Å²) in [5.41, 5.74) is 2.00. The number of fused-ring (bicyclic) bond motifs is 3. The van der Waals surface area contributed by atoms with Crippen LogP contribution in [0.25, 0.3) is 16.9 Å². The van der Waals surface area contributed by atoms with Gasteiger partial charge < -0.3 is 30.9 Å². The van der Waals surface area contributed by atoms with E-state index in [9.17, 15) is 34.8 Å². The Kier molecular flexibility index (Phi) is 7.81. The fraction of sp³-hybridized carbons (Fsp3) is 0.472. The molecule has 11 heteroatoms. The molecule has 2 fully saturated rings. The molecule has 6 N–H and O–H groups in total. The molecule has 47 heavy (non-hydrogen) atoms. The number of carbonyl (C=O) groups excluding carboxylic acids is 3. The van der Waals surface area contributed by atoms with Crippen molar-refractivity contribution in [2.45, 2.75) is 64.1 Å². The number of likely N-dealkylation sites (N-methyl/N-ethyl adjacent to an activating group) is 1. The van der Waals surface area contributed by atoms with Gasteiger partial charge in [-0.1, -0.05) is 32.4 Å². The molecule has 4 atom stereocenters. The Bertz CT molecular complexity index is 1770. The Labute approximate surface area is 273 Å². The maximum Gasteiger partial charge on any atom is 0.255 e. The van der Waals surface area contributed by atoms with Crippen LogP contribution in [-0.4, -0.2) is 93.6 Å². The molecule has 0 unspecified atom stereocenters. The average Bonchev–Trinajstić information content (AvgIpc) is 2.99. The number of rotatable bonds is 6. The number of carbonyl (C=O) groups is 3. The van der Waals surface area contributed by atoms with Gasteiger partial charge in [-0.25, -0.2) is 0 Å². The average molecular weight is 646 g/mol. The zero-order chi connectivity index (χ0) is 34.2. The highest BCUT2D eigenvalue weighted by Crippen LogP contribution is 2.63. The monoisotopic (exact) mass is 645 g/mol. The van der Waals surface area contributed by atoms with Crippen molar-refractivity contribution < 1.29 is 39.5 Å². The number of ketones is 2. The van der Waals surface area contributed by atoms with E-state index in [-0.39, 0.29) is 29.7 Å². The molecular weight excluding hydrogens is 602 g/mol. The van der Waals surface area contributed by atoms with Crippen LogP contribution < -0.4 is 10.5 Å². The zero-order valence-corrected chi connectivity index (χ0v) is 27.5. The third-order valence-corrected chi connectivity index (χ3v) is 10.9. The first-order valence-corrected chi connectivity index (χ1v) is 16.0. The fourth-order valence-electron chi connectivity index (χ4n) is 9.01. The van der Waals surface area contributed by atoms with Gasteiger partial charge in [0.25, 0.3) is 5.91 Å². The molecule has 2 aromatic rings. The lowest BCUT2D eigenvalue weighted by Gasteiger charge is -2.59. The Hall–Kier alpha value is -4.19. The molecule has 0 radical (unpaired) electrons. The standard InChI is InChI=1S/C36H43N3O8/c1-34-16-22-20(21-15-19(9-12-24(21)47-5)17-39-13-7-6-8-14-39)10-11-23(40)25(22)28(41)27(34)32(44)36(46)31(43)26(33(37)45)29(42)30(38(3)4)35(36,2)18-34/h9-12,15,30,40-41,43,46H,6-8,13-14,16-18H2,1-5H3,(H2,37,45)/t30-,34+,35+,36-/m1/s1. The molecule has 1 saturated carbocycles. The fourth-order valence-corrected chi connectivity index (χ4v) is 9.01. The largest absolute Gasteiger partial charge is 0.508 e. The van der Waals surface area contributed by atoms with E-state index in [1.165, 1.54) is 24.3 Å². The van der Waals surface area contributed by atoms with Crippen LogP contribution in [0.3, 0.4) is 0 Å². The minimum atomic E-state index is -2.76. The number of Topliss-reactive ketones (excluding diaryl/α,β-unsaturated/α-hetero) is 2. The van der Waals surface area contributed by atoms with Crippen LogP contribution >= 0.6 is 0 Å². The predicted octanol–water partition coefficient (Wildman–Crippen LogP) is 3.41. The lowest BCUT2D eigenvalue weighted by Crippen LogP contribution is -2.72. The van der Waals surface area contributed by atoms with Crippen LogP contribution in [0.15, 0.2) is 47.2 Å². The number of phenols is 1. The highest BCUT2D eigenvalue weighted by molar-refractivity contribution is 6.25. The number of amides is 1. The van der Waals surface area contributed by atoms with Gasteiger partial charge in [-0.3, -0.25) is 24.2 Å². The second-order valence-corrected chi connectivity index (χ2v) is 14.3. The maximum absolute atomic E-state index is 14.5. The van der Waals surface area contributed by atoms with Crippen LogP contribution in [0.2, 0.25) is 0 Å². The molecule has 1 aliphatic heterocycles. The zero-order valence-electron chi connectivity index (χ0n) is 27.5. The third-order valence-electron chi connectivity index (χ3n) is 10.9. The normalized spacial score (nSPS) is 29.5. The van der Waals surface area contributed by atoms with Gasteiger partial charge in [-0.15, -0.1) is 0 Å². The number of methoxy groups -OCH3 is 1. The van der Waals surface area contributed by atoms with Gasteiger partial charge >= 0.3 is 0 Å². The van der Waals surface area contributed by atoms with E-state index in [4.69, 9.17) is 10.5 Å². The first kappa shape index (κ1) is 32.7. The van der Waals surface area contributed by atoms with Gasteiger partial charge in [0.2, 0.25) is 5.78 Å². The summed E-state index contributed by atoms with van der Waals surface area (Å²) in [6.45, 7) is 6.12. The number of piperidine rings is 1. The van der Waals surface area contributed by atoms with E-state index >= 15 is 0 Å². The van der Waals surface area contributed by atoms with Crippen LogP contribution in [0.5, 0.6) is 11.5 Å². The summed E-state index contributed by atoms with van der Waals surface area (Å²) in [6, 6.07) is 7.99. The number of nitrogens with two attached hydrogens (primary N) is 1. The van der Waals surface area contributed by atoms with Crippen molar-refractivity contribution in [3.05, 3.63) is 63.9 Å². The van der Waals surface area contributed by atoms with Gasteiger partial charge in [-0.2, -0.15) is 0 Å². The summed E-state index contributed by atoms with van der Waals surface area (Å²) >= 11 is 0. The number of nitrogens with zero attached hydrogens (tertiary/aromatic N) is 2. The first-order valence-electron chi connectivity index (χ1n) is 16.0. The van der Waals surface area contributed by atoms with Crippen molar-refractivity contribution >= 4 is 23.2 Å². The molecule has 250 valence electrons. The van der Waals surface area contributed by atoms with Crippen molar-refractivity contribution in [2.24, 2.45) is 16.6 Å². The Morgan fingerprint density at radius 2 is 1.72 bits per heavy atom. The molecule has 1 heterocycles. The molecule has 11 nitrogen and oxygen atoms in total. The van der Waals surface area contributed by atoms with E-state index in [1.54, 1.807) is 34.2 Å². The van der Waals surface area contributed by atoms with Crippen LogP contribution in [-0.2, 0) is 27.3 Å². The predicted molar refractivity (Wildman–Crippen MR) is 175 cm³/mol. The highest BCUT2D eigenvalue weighted by atomic mass is 16.5. The van der Waals surface area contributed by atoms with Crippen molar-refractivity contribution in [3.63, 3.8) is 0 Å². The lowest BCUT2D eigenvalue weighted by molar-refractivity contribution is -0.175. The number of aliphatic hydroxyl groups is 3. The maximum atomic E-state index is 14.5.